The van der Waals surface area contributed by atoms with Crippen LogP contribution in [0.1, 0.15) is 22.3 Å². The molecule has 41 heavy (non-hydrogen) atoms. The maximum absolute atomic E-state index is 10.8. The zero-order valence-electron chi connectivity index (χ0n) is 22.5. The molecule has 0 unspecified atom stereocenters. The zero-order chi connectivity index (χ0) is 27.8. The molecule has 1 heterocycles. The van der Waals surface area contributed by atoms with Crippen LogP contribution in [0.2, 0.25) is 0 Å². The zero-order valence-corrected chi connectivity index (χ0v) is 22.5. The fraction of sp³-hybridized carbons (Fsp3) is 0.0263. The van der Waals surface area contributed by atoms with Crippen molar-refractivity contribution in [3.63, 3.8) is 0 Å². The van der Waals surface area contributed by atoms with E-state index in [1.807, 2.05) is 91.0 Å². The normalized spacial score (nSPS) is 12.1. The molecule has 0 saturated heterocycles. The summed E-state index contributed by atoms with van der Waals surface area (Å²) >= 11 is 0. The fourth-order valence-electron chi connectivity index (χ4n) is 5.89. The molecule has 6 aromatic rings. The topological polar surface area (TPSA) is 42.2 Å². The molecule has 7 rings (SSSR count). The van der Waals surface area contributed by atoms with Crippen molar-refractivity contribution < 1.29 is 9.47 Å². The van der Waals surface area contributed by atoms with E-state index in [4.69, 9.17) is 9.47 Å². The molecular weight excluding hydrogens is 502 g/mol. The molecule has 0 radical (unpaired) electrons. The lowest BCUT2D eigenvalue weighted by Gasteiger charge is -2.29. The molecule has 3 heteroatoms. The number of hydrogen-bond acceptors (Lipinski definition) is 3. The first-order chi connectivity index (χ1) is 20.3. The lowest BCUT2D eigenvalue weighted by Crippen LogP contribution is -2.11. The lowest BCUT2D eigenvalue weighted by atomic mass is 9.81. The summed E-state index contributed by atoms with van der Waals surface area (Å²) in [6, 6.07) is 47.4. The second kappa shape index (κ2) is 10.2. The molecule has 0 amide bonds. The minimum Gasteiger partial charge on any atom is -0.496 e. The number of ether oxygens (including phenoxy) is 2. The first kappa shape index (κ1) is 24.5. The van der Waals surface area contributed by atoms with Crippen molar-refractivity contribution in [2.45, 2.75) is 0 Å². The highest BCUT2D eigenvalue weighted by Crippen LogP contribution is 2.55. The van der Waals surface area contributed by atoms with Crippen molar-refractivity contribution in [3.05, 3.63) is 156 Å². The van der Waals surface area contributed by atoms with E-state index in [0.29, 0.717) is 17.1 Å². The first-order valence-electron chi connectivity index (χ1n) is 13.5. The van der Waals surface area contributed by atoms with Gasteiger partial charge in [0, 0.05) is 27.6 Å². The SMILES string of the molecule is COc1ccc2c(-c3ccccc3)c(-c3ccccc3)c(C#N)c3c2c1C(c1ccccc1)=C(c1ccccc1)O3. The Kier molecular flexibility index (Phi) is 6.07. The van der Waals surface area contributed by atoms with Gasteiger partial charge in [-0.2, -0.15) is 5.26 Å². The Labute approximate surface area is 239 Å². The number of nitriles is 1. The number of benzene rings is 6. The second-order valence-electron chi connectivity index (χ2n) is 9.90. The third-order valence-corrected chi connectivity index (χ3v) is 7.63. The Hall–Kier alpha value is -5.59. The van der Waals surface area contributed by atoms with Gasteiger partial charge in [-0.15, -0.1) is 0 Å². The van der Waals surface area contributed by atoms with Crippen molar-refractivity contribution in [3.8, 4) is 39.8 Å². The van der Waals surface area contributed by atoms with E-state index in [2.05, 4.69) is 48.5 Å². The lowest BCUT2D eigenvalue weighted by molar-refractivity contribution is 0.413. The molecular formula is C38H25NO2. The van der Waals surface area contributed by atoms with E-state index in [1.54, 1.807) is 7.11 Å². The fourth-order valence-corrected chi connectivity index (χ4v) is 5.89. The molecule has 0 saturated carbocycles. The maximum Gasteiger partial charge on any atom is 0.154 e. The standard InChI is InChI=1S/C38H25NO2/c1-40-31-23-22-29-32(25-14-6-2-7-15-25)33(26-16-8-3-9-17-26)30(24-39)38-35(29)36(31)34(27-18-10-4-11-19-27)37(41-38)28-20-12-5-13-21-28/h2-23H,1H3. The third-order valence-electron chi connectivity index (χ3n) is 7.63. The average Bonchev–Trinajstić information content (AvgIpc) is 3.06. The van der Waals surface area contributed by atoms with Gasteiger partial charge >= 0.3 is 0 Å². The van der Waals surface area contributed by atoms with E-state index in [1.165, 1.54) is 0 Å². The van der Waals surface area contributed by atoms with Crippen LogP contribution in [0.15, 0.2) is 133 Å². The van der Waals surface area contributed by atoms with Gasteiger partial charge in [-0.1, -0.05) is 121 Å². The molecule has 0 N–H and O–H groups in total. The van der Waals surface area contributed by atoms with Crippen LogP contribution >= 0.6 is 0 Å². The Morgan fingerprint density at radius 3 is 1.61 bits per heavy atom. The number of hydrogen-bond donors (Lipinski definition) is 0. The van der Waals surface area contributed by atoms with Gasteiger partial charge in [0.05, 0.1) is 7.11 Å². The van der Waals surface area contributed by atoms with Gasteiger partial charge in [-0.3, -0.25) is 0 Å². The number of methoxy groups -OCH3 is 1. The average molecular weight is 528 g/mol. The monoisotopic (exact) mass is 527 g/mol. The minimum absolute atomic E-state index is 0.498. The molecule has 194 valence electrons. The minimum atomic E-state index is 0.498. The molecule has 0 spiro atoms. The van der Waals surface area contributed by atoms with Crippen LogP contribution in [-0.4, -0.2) is 7.11 Å². The van der Waals surface area contributed by atoms with Gasteiger partial charge in [-0.25, -0.2) is 0 Å². The summed E-state index contributed by atoms with van der Waals surface area (Å²) in [6.07, 6.45) is 0. The quantitative estimate of drug-likeness (QED) is 0.224. The molecule has 1 aliphatic heterocycles. The summed E-state index contributed by atoms with van der Waals surface area (Å²) < 4.78 is 13.0. The van der Waals surface area contributed by atoms with Crippen LogP contribution in [0.5, 0.6) is 11.5 Å². The molecule has 0 fully saturated rings. The van der Waals surface area contributed by atoms with Gasteiger partial charge < -0.3 is 9.47 Å². The molecule has 6 aromatic carbocycles. The summed E-state index contributed by atoms with van der Waals surface area (Å²) in [5.74, 6) is 1.97. The van der Waals surface area contributed by atoms with E-state index in [-0.39, 0.29) is 0 Å². The van der Waals surface area contributed by atoms with Crippen LogP contribution in [-0.2, 0) is 0 Å². The van der Waals surface area contributed by atoms with Crippen LogP contribution in [0, 0.1) is 11.3 Å². The molecule has 0 aliphatic carbocycles. The highest BCUT2D eigenvalue weighted by Gasteiger charge is 2.33. The Balaban J connectivity index is 1.71. The van der Waals surface area contributed by atoms with Crippen molar-refractivity contribution in [2.24, 2.45) is 0 Å². The van der Waals surface area contributed by atoms with Gasteiger partial charge in [0.25, 0.3) is 0 Å². The summed E-state index contributed by atoms with van der Waals surface area (Å²) in [6.45, 7) is 0. The summed E-state index contributed by atoms with van der Waals surface area (Å²) in [4.78, 5) is 0. The summed E-state index contributed by atoms with van der Waals surface area (Å²) in [7, 11) is 1.69. The van der Waals surface area contributed by atoms with Crippen LogP contribution in [0.3, 0.4) is 0 Å². The van der Waals surface area contributed by atoms with Crippen molar-refractivity contribution in [2.75, 3.05) is 7.11 Å². The Morgan fingerprint density at radius 1 is 0.561 bits per heavy atom. The van der Waals surface area contributed by atoms with Crippen LogP contribution < -0.4 is 9.47 Å². The Morgan fingerprint density at radius 2 is 1.07 bits per heavy atom. The van der Waals surface area contributed by atoms with E-state index in [9.17, 15) is 5.26 Å². The summed E-state index contributed by atoms with van der Waals surface area (Å²) in [5, 5.41) is 12.7. The van der Waals surface area contributed by atoms with Crippen molar-refractivity contribution in [1.29, 1.82) is 5.26 Å². The predicted molar refractivity (Wildman–Crippen MR) is 166 cm³/mol. The molecule has 1 aliphatic rings. The van der Waals surface area contributed by atoms with Gasteiger partial charge in [0.1, 0.15) is 23.1 Å². The van der Waals surface area contributed by atoms with Crippen LogP contribution in [0.4, 0.5) is 0 Å². The van der Waals surface area contributed by atoms with Crippen molar-refractivity contribution in [1.82, 2.24) is 0 Å². The van der Waals surface area contributed by atoms with Crippen LogP contribution in [0.25, 0.3) is 44.4 Å². The van der Waals surface area contributed by atoms with Gasteiger partial charge in [-0.05, 0) is 39.8 Å². The van der Waals surface area contributed by atoms with E-state index < -0.39 is 0 Å². The highest BCUT2D eigenvalue weighted by molar-refractivity contribution is 6.18. The molecule has 0 aromatic heterocycles. The van der Waals surface area contributed by atoms with Crippen molar-refractivity contribution >= 4 is 22.1 Å². The first-order valence-corrected chi connectivity index (χ1v) is 13.5. The molecule has 0 bridgehead atoms. The van der Waals surface area contributed by atoms with E-state index in [0.717, 1.165) is 61.0 Å². The van der Waals surface area contributed by atoms with Gasteiger partial charge in [0.15, 0.2) is 5.75 Å². The third kappa shape index (κ3) is 3.97. The Bertz CT molecular complexity index is 1970. The number of rotatable bonds is 5. The predicted octanol–water partition coefficient (Wildman–Crippen LogP) is 9.36. The number of nitrogens with zero attached hydrogens (tertiary/aromatic N) is 1. The second-order valence-corrected chi connectivity index (χ2v) is 9.90. The molecule has 3 nitrogen and oxygen atoms in total. The van der Waals surface area contributed by atoms with E-state index >= 15 is 0 Å². The van der Waals surface area contributed by atoms with Gasteiger partial charge in [0.2, 0.25) is 0 Å². The maximum atomic E-state index is 10.8. The summed E-state index contributed by atoms with van der Waals surface area (Å²) in [5.41, 5.74) is 8.13. The molecule has 0 atom stereocenters. The largest absolute Gasteiger partial charge is 0.496 e. The smallest absolute Gasteiger partial charge is 0.154 e. The highest BCUT2D eigenvalue weighted by atomic mass is 16.5.